The van der Waals surface area contributed by atoms with Crippen LogP contribution in [0.15, 0.2) is 55.0 Å². The molecule has 0 N–H and O–H groups in total. The number of fused-ring (bicyclic) bond motifs is 4. The Morgan fingerprint density at radius 2 is 1.70 bits per heavy atom. The molecule has 10 nitrogen and oxygen atoms in total. The molecule has 3 aromatic carbocycles. The van der Waals surface area contributed by atoms with Crippen LogP contribution in [0, 0.1) is 27.7 Å². The first kappa shape index (κ1) is 35.9. The zero-order valence-corrected chi connectivity index (χ0v) is 33.5. The van der Waals surface area contributed by atoms with E-state index in [4.69, 9.17) is 33.0 Å². The molecule has 0 saturated heterocycles. The molecule has 7 aromatic rings. The molecule has 12 heteroatoms. The van der Waals surface area contributed by atoms with Crippen molar-refractivity contribution in [1.82, 2.24) is 33.7 Å². The first-order chi connectivity index (χ1) is 25.9. The van der Waals surface area contributed by atoms with E-state index in [9.17, 15) is 0 Å². The number of rotatable bonds is 9. The number of carbonyl (C=O) groups is 1. The van der Waals surface area contributed by atoms with Gasteiger partial charge in [-0.15, -0.1) is 0 Å². The van der Waals surface area contributed by atoms with Crippen molar-refractivity contribution in [3.05, 3.63) is 98.8 Å². The Balaban J connectivity index is 1.27. The van der Waals surface area contributed by atoms with Crippen LogP contribution in [-0.2, 0) is 27.1 Å². The fraction of sp³-hybridized carbons (Fsp3) is 0.333. The Labute approximate surface area is 324 Å². The summed E-state index contributed by atoms with van der Waals surface area (Å²) in [7, 11) is 3.81. The number of aryl methyl sites for hydroxylation is 7. The lowest BCUT2D eigenvalue weighted by molar-refractivity contribution is 0.0957. The quantitative estimate of drug-likeness (QED) is 0.137. The van der Waals surface area contributed by atoms with Gasteiger partial charge in [0.2, 0.25) is 0 Å². The van der Waals surface area contributed by atoms with Crippen molar-refractivity contribution in [1.29, 1.82) is 0 Å². The Kier molecular flexibility index (Phi) is 9.09. The number of ether oxygens (including phenoxy) is 1. The fourth-order valence-electron chi connectivity index (χ4n) is 8.30. The minimum atomic E-state index is -0.0691. The summed E-state index contributed by atoms with van der Waals surface area (Å²) in [6, 6.07) is 14.2. The second kappa shape index (κ2) is 13.7. The number of nitrogens with zero attached hydrogens (tertiary/aromatic N) is 8. The first-order valence-electron chi connectivity index (χ1n) is 18.4. The maximum Gasteiger partial charge on any atom is 0.275 e. The largest absolute Gasteiger partial charge is 0.494 e. The monoisotopic (exact) mass is 762 g/mol. The summed E-state index contributed by atoms with van der Waals surface area (Å²) in [4.78, 5) is 21.7. The van der Waals surface area contributed by atoms with Gasteiger partial charge in [-0.25, -0.2) is 4.98 Å². The van der Waals surface area contributed by atoms with Crippen molar-refractivity contribution >= 4 is 56.6 Å². The van der Waals surface area contributed by atoms with E-state index in [1.165, 1.54) is 0 Å². The summed E-state index contributed by atoms with van der Waals surface area (Å²) in [6.45, 7) is 14.1. The summed E-state index contributed by atoms with van der Waals surface area (Å²) < 4.78 is 14.3. The zero-order valence-electron chi connectivity index (χ0n) is 32.0. The van der Waals surface area contributed by atoms with Gasteiger partial charge in [-0.3, -0.25) is 14.2 Å². The average molecular weight is 764 g/mol. The lowest BCUT2D eigenvalue weighted by Crippen LogP contribution is -2.42. The van der Waals surface area contributed by atoms with Gasteiger partial charge in [0, 0.05) is 77.6 Å². The highest BCUT2D eigenvalue weighted by Crippen LogP contribution is 2.46. The second-order valence-electron chi connectivity index (χ2n) is 14.5. The summed E-state index contributed by atoms with van der Waals surface area (Å²) in [5, 5.41) is 12.7. The summed E-state index contributed by atoms with van der Waals surface area (Å²) >= 11 is 13.6. The van der Waals surface area contributed by atoms with E-state index in [0.29, 0.717) is 42.5 Å². The van der Waals surface area contributed by atoms with Crippen molar-refractivity contribution in [2.45, 2.75) is 67.0 Å². The van der Waals surface area contributed by atoms with Gasteiger partial charge in [-0.2, -0.15) is 10.2 Å². The van der Waals surface area contributed by atoms with Gasteiger partial charge in [-0.1, -0.05) is 29.3 Å². The fourth-order valence-corrected chi connectivity index (χ4v) is 8.66. The Hall–Kier alpha value is -5.06. The van der Waals surface area contributed by atoms with Crippen LogP contribution in [0.25, 0.3) is 44.3 Å². The predicted molar refractivity (Wildman–Crippen MR) is 217 cm³/mol. The standard InChI is InChI=1S/C42H44Cl2N8O2/c1-9-50-21-35(32-19-28(12-15-34(32)50)41-45-22-48(7)47-41)51-20-25(4)52-39-31(13-14-33(43)37(39)36-26(5)46-49(8)27(36)6)30(40(52)42(51)53)11-10-16-54-29-17-23(2)38(44)24(3)18-29/h12-15,17-19,21-22,25H,9-11,16,20H2,1-8H3/t25-/m1/s1. The highest BCUT2D eigenvalue weighted by molar-refractivity contribution is 6.35. The Morgan fingerprint density at radius 3 is 2.37 bits per heavy atom. The van der Waals surface area contributed by atoms with E-state index in [-0.39, 0.29) is 11.9 Å². The minimum Gasteiger partial charge on any atom is -0.494 e. The highest BCUT2D eigenvalue weighted by Gasteiger charge is 2.37. The SMILES string of the molecule is CCn1cc(N2C[C@@H](C)n3c(c(CCCOc4cc(C)c(Cl)c(C)c4)c4ccc(Cl)c(-c5c(C)nn(C)c5C)c43)C2=O)c2cc(-c3ncn(C)n3)ccc21. The third-order valence-corrected chi connectivity index (χ3v) is 11.8. The van der Waals surface area contributed by atoms with Crippen LogP contribution in [0.5, 0.6) is 5.75 Å². The number of amides is 1. The van der Waals surface area contributed by atoms with Crippen LogP contribution in [0.2, 0.25) is 10.0 Å². The molecule has 278 valence electrons. The van der Waals surface area contributed by atoms with Gasteiger partial charge in [0.15, 0.2) is 5.82 Å². The van der Waals surface area contributed by atoms with Gasteiger partial charge in [0.05, 0.1) is 34.0 Å². The molecule has 0 radical (unpaired) electrons. The Morgan fingerprint density at radius 1 is 0.944 bits per heavy atom. The molecule has 1 aliphatic heterocycles. The molecule has 0 bridgehead atoms. The molecule has 1 atom stereocenters. The number of anilines is 1. The zero-order chi connectivity index (χ0) is 38.2. The van der Waals surface area contributed by atoms with E-state index in [1.54, 1.807) is 11.0 Å². The molecule has 0 fully saturated rings. The number of benzene rings is 3. The maximum atomic E-state index is 15.3. The molecule has 8 rings (SSSR count). The molecule has 5 heterocycles. The molecule has 0 spiro atoms. The molecule has 4 aromatic heterocycles. The smallest absolute Gasteiger partial charge is 0.275 e. The Bertz CT molecular complexity index is 2600. The van der Waals surface area contributed by atoms with E-state index in [1.807, 2.05) is 68.7 Å². The molecule has 54 heavy (non-hydrogen) atoms. The minimum absolute atomic E-state index is 0.0395. The number of carbonyl (C=O) groups excluding carboxylic acids is 1. The van der Waals surface area contributed by atoms with Crippen LogP contribution in [0.4, 0.5) is 5.69 Å². The molecule has 0 unspecified atom stereocenters. The van der Waals surface area contributed by atoms with Crippen LogP contribution in [-0.4, -0.2) is 52.7 Å². The van der Waals surface area contributed by atoms with Crippen LogP contribution < -0.4 is 9.64 Å². The molecular formula is C42H44Cl2N8O2. The molecule has 1 aliphatic rings. The molecule has 0 saturated carbocycles. The first-order valence-corrected chi connectivity index (χ1v) is 19.2. The molecule has 0 aliphatic carbocycles. The van der Waals surface area contributed by atoms with Gasteiger partial charge >= 0.3 is 0 Å². The van der Waals surface area contributed by atoms with Crippen molar-refractivity contribution in [3.8, 4) is 28.3 Å². The van der Waals surface area contributed by atoms with E-state index in [2.05, 4.69) is 64.4 Å². The number of halogens is 2. The third kappa shape index (κ3) is 5.78. The van der Waals surface area contributed by atoms with Gasteiger partial charge < -0.3 is 18.8 Å². The lowest BCUT2D eigenvalue weighted by Gasteiger charge is -2.34. The van der Waals surface area contributed by atoms with Crippen LogP contribution >= 0.6 is 23.2 Å². The summed E-state index contributed by atoms with van der Waals surface area (Å²) in [6.07, 6.45) is 5.14. The summed E-state index contributed by atoms with van der Waals surface area (Å²) in [5.74, 6) is 1.40. The van der Waals surface area contributed by atoms with Crippen LogP contribution in [0.1, 0.15) is 64.9 Å². The highest BCUT2D eigenvalue weighted by atomic mass is 35.5. The maximum absolute atomic E-state index is 15.3. The van der Waals surface area contributed by atoms with Crippen molar-refractivity contribution in [2.24, 2.45) is 14.1 Å². The van der Waals surface area contributed by atoms with E-state index < -0.39 is 0 Å². The van der Waals surface area contributed by atoms with Gasteiger partial charge in [0.25, 0.3) is 5.91 Å². The number of aromatic nitrogens is 7. The number of hydrogen-bond donors (Lipinski definition) is 0. The summed E-state index contributed by atoms with van der Waals surface area (Å²) in [5.41, 5.74) is 11.3. The molecular weight excluding hydrogens is 719 g/mol. The van der Waals surface area contributed by atoms with Crippen molar-refractivity contribution in [2.75, 3.05) is 18.1 Å². The van der Waals surface area contributed by atoms with Crippen molar-refractivity contribution < 1.29 is 9.53 Å². The van der Waals surface area contributed by atoms with Gasteiger partial charge in [0.1, 0.15) is 17.8 Å². The molecule has 1 amide bonds. The van der Waals surface area contributed by atoms with Crippen molar-refractivity contribution in [3.63, 3.8) is 0 Å². The second-order valence-corrected chi connectivity index (χ2v) is 15.3. The number of hydrogen-bond acceptors (Lipinski definition) is 5. The lowest BCUT2D eigenvalue weighted by atomic mass is 9.98. The van der Waals surface area contributed by atoms with Crippen LogP contribution in [0.3, 0.4) is 0 Å². The van der Waals surface area contributed by atoms with E-state index >= 15 is 4.79 Å². The predicted octanol–water partition coefficient (Wildman–Crippen LogP) is 9.59. The topological polar surface area (TPSA) is 87.9 Å². The third-order valence-electron chi connectivity index (χ3n) is 10.9. The van der Waals surface area contributed by atoms with Gasteiger partial charge in [-0.05, 0) is 107 Å². The average Bonchev–Trinajstić information content (AvgIpc) is 3.89. The van der Waals surface area contributed by atoms with E-state index in [0.717, 1.165) is 89.6 Å². The normalized spacial score (nSPS) is 14.5.